The molecule has 12 aliphatic carbocycles. The third-order valence-electron chi connectivity index (χ3n) is 21.1. The number of aliphatic carboxylic acids is 2. The van der Waals surface area contributed by atoms with Gasteiger partial charge in [-0.25, -0.2) is 13.6 Å². The van der Waals surface area contributed by atoms with Gasteiger partial charge in [-0.2, -0.15) is 26.3 Å². The van der Waals surface area contributed by atoms with Crippen LogP contribution in [0.1, 0.15) is 103 Å². The van der Waals surface area contributed by atoms with Gasteiger partial charge in [0.2, 0.25) is 0 Å². The van der Waals surface area contributed by atoms with E-state index in [0.29, 0.717) is 113 Å². The molecule has 0 aliphatic heterocycles. The summed E-state index contributed by atoms with van der Waals surface area (Å²) in [7, 11) is -0.367. The second kappa shape index (κ2) is 30.4. The fourth-order valence-corrected chi connectivity index (χ4v) is 21.4. The van der Waals surface area contributed by atoms with Crippen LogP contribution in [0.2, 0.25) is 0 Å². The number of esters is 1. The van der Waals surface area contributed by atoms with Gasteiger partial charge in [-0.05, 0) is 265 Å². The molecule has 0 radical (unpaired) electrons. The summed E-state index contributed by atoms with van der Waals surface area (Å²) in [6.45, 7) is 5.09. The molecule has 17 rings (SSSR count). The molecule has 496 valence electrons. The van der Waals surface area contributed by atoms with Gasteiger partial charge in [0.15, 0.2) is 24.5 Å². The van der Waals surface area contributed by atoms with Crippen molar-refractivity contribution in [2.24, 2.45) is 71.0 Å². The Hall–Kier alpha value is -4.70. The molecular formula is C72H78ClF8NaO9S2. The van der Waals surface area contributed by atoms with Crippen molar-refractivity contribution in [2.45, 2.75) is 162 Å². The van der Waals surface area contributed by atoms with Gasteiger partial charge in [-0.1, -0.05) is 67.3 Å². The topological polar surface area (TPSA) is 167 Å². The van der Waals surface area contributed by atoms with Crippen LogP contribution in [0, 0.1) is 82.6 Å². The molecule has 12 fully saturated rings. The maximum absolute atomic E-state index is 14.4. The molecule has 12 bridgehead atoms. The Kier molecular flexibility index (Phi) is 24.2. The van der Waals surface area contributed by atoms with Gasteiger partial charge >= 0.3 is 53.3 Å². The summed E-state index contributed by atoms with van der Waals surface area (Å²) in [5.74, 6) is -19.6. The quantitative estimate of drug-likeness (QED) is 0.0350. The van der Waals surface area contributed by atoms with Crippen molar-refractivity contribution in [2.75, 3.05) is 6.61 Å². The molecule has 0 amide bonds. The minimum Gasteiger partial charge on any atom is -1.00 e. The normalized spacial score (nSPS) is 31.5. The van der Waals surface area contributed by atoms with Crippen molar-refractivity contribution in [3.63, 3.8) is 0 Å². The number of carboxylic acid groups (broad SMARTS) is 2. The van der Waals surface area contributed by atoms with Gasteiger partial charge in [0.25, 0.3) is 0 Å². The van der Waals surface area contributed by atoms with Crippen LogP contribution in [-0.2, 0) is 40.9 Å². The van der Waals surface area contributed by atoms with Crippen molar-refractivity contribution in [1.82, 2.24) is 0 Å². The third-order valence-corrected chi connectivity index (χ3v) is 25.3. The predicted molar refractivity (Wildman–Crippen MR) is 325 cm³/mol. The van der Waals surface area contributed by atoms with Gasteiger partial charge in [0.1, 0.15) is 45.8 Å². The second-order valence-electron chi connectivity index (χ2n) is 26.5. The van der Waals surface area contributed by atoms with Crippen LogP contribution in [0.4, 0.5) is 35.1 Å². The molecule has 1 unspecified atom stereocenters. The Morgan fingerprint density at radius 1 is 0.473 bits per heavy atom. The number of aliphatic hydroxyl groups is 3. The van der Waals surface area contributed by atoms with Gasteiger partial charge in [-0.15, -0.1) is 0 Å². The van der Waals surface area contributed by atoms with E-state index in [-0.39, 0.29) is 82.0 Å². The number of hydrogen-bond acceptors (Lipinski definition) is 9. The number of ether oxygens (including phenoxy) is 1. The minimum absolute atomic E-state index is 0. The van der Waals surface area contributed by atoms with Crippen molar-refractivity contribution in [3.8, 4) is 0 Å². The SMILES string of the molecule is C=C/C=C/[S+](c1ccccc1)c1ccc(F)cc1.CCOC(=O)C(F)(F)C1(O)C2CC3CC(C2)CC1C3.Fc1ccc([S+](c2ccccc2)c2ccccc2)cc1.O=C([O-])C(F)(F)C1(O)C2CC3CC(C2)CC1C3.O=C([O-])C(F)(F)C1(O)C2CC3CC(C2)CC1C3.[Cl-].[Na+]. The largest absolute Gasteiger partial charge is 1.00 e. The smallest absolute Gasteiger partial charge is 1.00 e. The number of allylic oxidation sites excluding steroid dienone is 2. The van der Waals surface area contributed by atoms with Crippen molar-refractivity contribution >= 4 is 39.7 Å². The van der Waals surface area contributed by atoms with E-state index in [1.54, 1.807) is 6.08 Å². The summed E-state index contributed by atoms with van der Waals surface area (Å²) in [4.78, 5) is 38.7. The first-order chi connectivity index (χ1) is 43.2. The van der Waals surface area contributed by atoms with Crippen molar-refractivity contribution in [1.29, 1.82) is 0 Å². The summed E-state index contributed by atoms with van der Waals surface area (Å²) < 4.78 is 115. The maximum Gasteiger partial charge on any atom is 1.00 e. The van der Waals surface area contributed by atoms with Gasteiger partial charge in [0.05, 0.1) is 28.4 Å². The number of halogens is 9. The first kappa shape index (κ1) is 74.1. The van der Waals surface area contributed by atoms with Crippen molar-refractivity contribution in [3.05, 3.63) is 175 Å². The predicted octanol–water partition coefficient (Wildman–Crippen LogP) is 6.98. The zero-order valence-electron chi connectivity index (χ0n) is 52.0. The zero-order chi connectivity index (χ0) is 65.3. The molecule has 5 aromatic rings. The first-order valence-corrected chi connectivity index (χ1v) is 34.1. The standard InChI is InChI=1S/C18H14FS.C16H14FS.C14H20F2O3.2C12H16F2O3.ClH.Na/c19-15-11-13-18(14-12-15)20(16-7-3-1-4-8-16)17-9-5-2-6-10-17;1-2-3-13-18(15-7-5-4-6-8-15)16-11-9-14(17)10-12-16;1-2-19-12(17)14(15,16)13(18)10-4-8-3-9(6-10)7-11(13)5-8;2*13-12(14,10(15)16)11(17)8-2-6-1-7(4-8)5-9(11)3-6;;/h1-14H;2-13H,1H2;8-11,18H,2-7H2,1H3;2*6-9,17H,1-5H2,(H,15,16);1H;/q2*+1;;;;;+1/p-3/b;13-3+;;;;;. The zero-order valence-corrected chi connectivity index (χ0v) is 56.4. The van der Waals surface area contributed by atoms with Gasteiger partial charge < -0.3 is 52.3 Å². The number of carbonyl (C=O) groups is 3. The minimum atomic E-state index is -4.13. The van der Waals surface area contributed by atoms with E-state index in [1.807, 2.05) is 84.9 Å². The Balaban J connectivity index is 0.000000149. The molecule has 1 atom stereocenters. The molecular weight excluding hydrogens is 1280 g/mol. The van der Waals surface area contributed by atoms with Gasteiger partial charge in [0, 0.05) is 0 Å². The summed E-state index contributed by atoms with van der Waals surface area (Å²) >= 11 is 0. The number of alkyl halides is 6. The molecule has 0 aromatic heterocycles. The monoisotopic (exact) mass is 1360 g/mol. The number of carboxylic acids is 2. The summed E-state index contributed by atoms with van der Waals surface area (Å²) in [5, 5.41) is 54.6. The van der Waals surface area contributed by atoms with E-state index in [1.165, 1.54) is 45.9 Å². The molecule has 21 heteroatoms. The summed E-state index contributed by atoms with van der Waals surface area (Å²) in [5.41, 5.74) is -6.94. The van der Waals surface area contributed by atoms with E-state index >= 15 is 0 Å². The van der Waals surface area contributed by atoms with E-state index in [2.05, 4.69) is 53.1 Å². The van der Waals surface area contributed by atoms with Crippen LogP contribution >= 0.6 is 0 Å². The van der Waals surface area contributed by atoms with E-state index in [4.69, 9.17) is 0 Å². The molecule has 93 heavy (non-hydrogen) atoms. The summed E-state index contributed by atoms with van der Waals surface area (Å²) in [6, 6.07) is 44.4. The van der Waals surface area contributed by atoms with Crippen LogP contribution in [0.15, 0.2) is 188 Å². The molecule has 0 heterocycles. The number of benzene rings is 5. The first-order valence-electron chi connectivity index (χ1n) is 31.6. The second-order valence-corrected chi connectivity index (χ2v) is 30.4. The fraction of sp³-hybridized carbons (Fsp3) is 0.486. The summed E-state index contributed by atoms with van der Waals surface area (Å²) in [6.07, 6.45) is 13.7. The Bertz CT molecular complexity index is 3160. The average Bonchev–Trinajstić information content (AvgIpc) is 0.729. The fourth-order valence-electron chi connectivity index (χ4n) is 17.6. The maximum atomic E-state index is 14.4. The number of carbonyl (C=O) groups excluding carboxylic acids is 3. The number of rotatable bonds is 14. The van der Waals surface area contributed by atoms with Gasteiger partial charge in [-0.3, -0.25) is 0 Å². The van der Waals surface area contributed by atoms with E-state index in [0.717, 1.165) is 29.1 Å². The number of hydrogen-bond donors (Lipinski definition) is 3. The van der Waals surface area contributed by atoms with E-state index < -0.39 is 88.0 Å². The van der Waals surface area contributed by atoms with Crippen LogP contribution < -0.4 is 52.2 Å². The van der Waals surface area contributed by atoms with Crippen LogP contribution in [-0.4, -0.2) is 74.4 Å². The Labute approximate surface area is 572 Å². The Morgan fingerprint density at radius 2 is 0.731 bits per heavy atom. The van der Waals surface area contributed by atoms with Crippen LogP contribution in [0.5, 0.6) is 0 Å². The molecule has 5 aromatic carbocycles. The van der Waals surface area contributed by atoms with Crippen molar-refractivity contribution < 1.29 is 122 Å². The van der Waals surface area contributed by atoms with E-state index in [9.17, 15) is 75.0 Å². The molecule has 0 saturated heterocycles. The molecule has 12 aliphatic rings. The molecule has 0 spiro atoms. The molecule has 12 saturated carbocycles. The molecule has 3 N–H and O–H groups in total. The van der Waals surface area contributed by atoms with Crippen LogP contribution in [0.25, 0.3) is 0 Å². The Morgan fingerprint density at radius 3 is 1.01 bits per heavy atom. The van der Waals surface area contributed by atoms with Crippen LogP contribution in [0.3, 0.4) is 0 Å². The average molecular weight is 1360 g/mol. The molecule has 9 nitrogen and oxygen atoms in total. The third kappa shape index (κ3) is 14.8.